The summed E-state index contributed by atoms with van der Waals surface area (Å²) in [5.74, 6) is 6.29. The largest absolute Gasteiger partial charge is 0.453 e. The number of nitrogens with zero attached hydrogens (tertiary/aromatic N) is 8. The molecule has 0 radical (unpaired) electrons. The van der Waals surface area contributed by atoms with E-state index < -0.39 is 42.4 Å². The number of rotatable bonds is 23. The fraction of sp³-hybridized carbons (Fsp3) is 0.410. The van der Waals surface area contributed by atoms with E-state index in [2.05, 4.69) is 183 Å². The molecular formula is C100H118BrN17O13S2. The van der Waals surface area contributed by atoms with Crippen LogP contribution in [0.25, 0.3) is 88.8 Å². The van der Waals surface area contributed by atoms with E-state index in [4.69, 9.17) is 39.9 Å². The summed E-state index contributed by atoms with van der Waals surface area (Å²) in [7, 11) is 2.59. The van der Waals surface area contributed by atoms with Crippen molar-refractivity contribution in [3.05, 3.63) is 205 Å². The monoisotopic (exact) mass is 1910 g/mol. The second-order valence-corrected chi connectivity index (χ2v) is 38.0. The van der Waals surface area contributed by atoms with Gasteiger partial charge >= 0.3 is 24.2 Å². The molecule has 0 aliphatic carbocycles. The summed E-state index contributed by atoms with van der Waals surface area (Å²) in [5.41, 5.74) is 23.9. The van der Waals surface area contributed by atoms with Gasteiger partial charge in [0.15, 0.2) is 16.3 Å². The van der Waals surface area contributed by atoms with Gasteiger partial charge in [-0.1, -0.05) is 155 Å². The molecule has 700 valence electrons. The SMILES string of the molecule is CC(=O)OBr.CC(N)=O.COC(=O)N[C@H](C(=O)N1CCC[C@H]1c1ncc(-c2ccc3cc(-c4ccc(-c5cnc([C@@H]6CCCN6C(=O)[C@@H](N)C6CCSCC6)[nH]5)cc4)ccc3c2)[nH]1)C(C)C.COC(=O)N[C@H](C(=O)N1CCC[C@H]1c1ncc(-c2ccc3cc(-c4ccc(-c5cnc([C@@H]6CCCN6C(=O)[C@@H](NC(=O)OCc6ccccc6)C6CCSCC6)[nH]5)cc4)ccc3c2)[nH]1)C(C)C. The van der Waals surface area contributed by atoms with Crippen LogP contribution in [0.4, 0.5) is 14.4 Å². The maximum Gasteiger partial charge on any atom is 0.408 e. The molecule has 11 N–H and O–H groups in total. The highest BCUT2D eigenvalue weighted by Crippen LogP contribution is 2.41. The van der Waals surface area contributed by atoms with Crippen LogP contribution in [-0.2, 0) is 53.4 Å². The maximum atomic E-state index is 14.4. The number of benzene rings is 7. The molecule has 4 aromatic heterocycles. The number of thioether (sulfide) groups is 2. The molecule has 8 amide bonds. The number of H-pyrrole nitrogens is 4. The van der Waals surface area contributed by atoms with Crippen LogP contribution in [0.2, 0.25) is 0 Å². The number of nitrogens with one attached hydrogen (secondary N) is 7. The van der Waals surface area contributed by atoms with E-state index in [0.29, 0.717) is 19.6 Å². The second-order valence-electron chi connectivity index (χ2n) is 35.2. The smallest absolute Gasteiger partial charge is 0.408 e. The molecule has 6 fully saturated rings. The standard InChI is InChI=1S/C52H58N8O6S.C44H52N8O4S.C2H3BrO2.C2H5NO/c1-32(2)45(57-51(63)65-3)49(61)59-23-7-11-43(59)48-54-30-42(56-48)40-20-19-38-27-37(17-18-39(38)28-40)34-13-15-35(16-14-34)41-29-53-47(55-41)44-12-8-24-60(44)50(62)46(36-21-25-67-26-22-36)58-52(64)66-31-33-9-5-4-6-10-33;1-26(2)39(50-44(55)56-3)43(54)52-19-5-7-37(52)41-47-25-35(49-41)33-15-14-31-22-30(12-13-32(31)23-33)27-8-10-28(11-9-27)34-24-46-40(48-34)36-6-4-18-51(36)42(53)38(45)29-16-20-57-21-17-29;1-2(4)5-3;1-2(3)4/h4-6,9-10,13-20,27-30,32,36,43-46H,7-8,11-12,21-26,31H2,1-3H3,(H,53,55)(H,54,56)(H,57,63)(H,58,64);8-15,22-26,29,36-39H,4-7,16-21,45H2,1-3H3,(H,46,48)(H,47,49)(H,50,55);1H3;1H3,(H2,3,4)/t43-,44-,45-,46-;36-,37-,38-,39-;;/m00../s1. The molecule has 6 aliphatic rings. The summed E-state index contributed by atoms with van der Waals surface area (Å²) in [6, 6.07) is 49.0. The molecule has 30 nitrogen and oxygen atoms in total. The lowest BCUT2D eigenvalue weighted by molar-refractivity contribution is -0.136. The van der Waals surface area contributed by atoms with Crippen molar-refractivity contribution >= 4 is 115 Å². The highest BCUT2D eigenvalue weighted by Gasteiger charge is 2.44. The van der Waals surface area contributed by atoms with Gasteiger partial charge in [0.2, 0.25) is 29.5 Å². The zero-order chi connectivity index (χ0) is 93.9. The van der Waals surface area contributed by atoms with Gasteiger partial charge in [0.25, 0.3) is 0 Å². The number of primary amides is 1. The van der Waals surface area contributed by atoms with Crippen LogP contribution in [0.15, 0.2) is 176 Å². The number of carbonyl (C=O) groups is 9. The Kier molecular flexibility index (Phi) is 33.0. The molecule has 133 heavy (non-hydrogen) atoms. The summed E-state index contributed by atoms with van der Waals surface area (Å²) in [6.07, 6.45) is 16.1. The Morgan fingerprint density at radius 3 is 1.09 bits per heavy atom. The summed E-state index contributed by atoms with van der Waals surface area (Å²) in [5, 5.41) is 12.8. The van der Waals surface area contributed by atoms with E-state index in [0.717, 1.165) is 224 Å². The molecule has 6 aliphatic heterocycles. The average molecular weight is 1910 g/mol. The normalized spacial score (nSPS) is 18.3. The first-order chi connectivity index (χ1) is 64.3. The molecule has 0 unspecified atom stereocenters. The Labute approximate surface area is 791 Å². The van der Waals surface area contributed by atoms with Crippen LogP contribution in [0.3, 0.4) is 0 Å². The number of fused-ring (bicyclic) bond motifs is 2. The molecule has 17 rings (SSSR count). The molecule has 0 bridgehead atoms. The van der Waals surface area contributed by atoms with Gasteiger partial charge < -0.3 is 85.0 Å². The number of likely N-dealkylation sites (tertiary alicyclic amines) is 4. The minimum Gasteiger partial charge on any atom is -0.453 e. The first-order valence-electron chi connectivity index (χ1n) is 45.7. The van der Waals surface area contributed by atoms with Gasteiger partial charge in [-0.25, -0.2) is 34.3 Å². The Hall–Kier alpha value is -12.3. The zero-order valence-corrected chi connectivity index (χ0v) is 79.5. The third-order valence-corrected chi connectivity index (χ3v) is 28.1. The second kappa shape index (κ2) is 45.4. The molecule has 8 atom stereocenters. The molecule has 7 aromatic carbocycles. The van der Waals surface area contributed by atoms with Crippen molar-refractivity contribution in [3.63, 3.8) is 0 Å². The number of aromatic nitrogens is 8. The molecule has 10 heterocycles. The predicted molar refractivity (Wildman–Crippen MR) is 519 cm³/mol. The number of methoxy groups -OCH3 is 2. The van der Waals surface area contributed by atoms with E-state index in [1.807, 2.05) is 126 Å². The highest BCUT2D eigenvalue weighted by atomic mass is 79.9. The van der Waals surface area contributed by atoms with Crippen molar-refractivity contribution < 1.29 is 61.2 Å². The minimum absolute atomic E-state index is 0.0408. The van der Waals surface area contributed by atoms with Crippen LogP contribution in [0.5, 0.6) is 0 Å². The molecular weight excluding hydrogens is 1790 g/mol. The van der Waals surface area contributed by atoms with Crippen LogP contribution in [0, 0.1) is 23.7 Å². The van der Waals surface area contributed by atoms with Crippen molar-refractivity contribution in [1.82, 2.24) is 75.4 Å². The number of nitrogens with two attached hydrogens (primary N) is 2. The lowest BCUT2D eigenvalue weighted by Crippen LogP contribution is -2.53. The van der Waals surface area contributed by atoms with Crippen LogP contribution in [0.1, 0.15) is 172 Å². The predicted octanol–water partition coefficient (Wildman–Crippen LogP) is 17.2. The number of alkyl carbamates (subject to hydrolysis) is 3. The lowest BCUT2D eigenvalue weighted by Gasteiger charge is -2.34. The van der Waals surface area contributed by atoms with Crippen molar-refractivity contribution in [3.8, 4) is 67.3 Å². The Bertz CT molecular complexity index is 5870. The highest BCUT2D eigenvalue weighted by molar-refractivity contribution is 9.06. The summed E-state index contributed by atoms with van der Waals surface area (Å²) in [4.78, 5) is 151. The third kappa shape index (κ3) is 24.0. The molecule has 0 saturated carbocycles. The Morgan fingerprint density at radius 2 is 0.737 bits per heavy atom. The van der Waals surface area contributed by atoms with Gasteiger partial charge in [0.1, 0.15) is 48.0 Å². The van der Waals surface area contributed by atoms with E-state index in [1.165, 1.54) is 28.1 Å². The number of ether oxygens (including phenoxy) is 3. The fourth-order valence-electron chi connectivity index (χ4n) is 18.5. The van der Waals surface area contributed by atoms with Gasteiger partial charge in [-0.05, 0) is 208 Å². The number of hydrogen-bond donors (Lipinski definition) is 9. The molecule has 0 spiro atoms. The average Bonchev–Trinajstić information content (AvgIpc) is 1.76. The van der Waals surface area contributed by atoms with Crippen molar-refractivity contribution in [2.75, 3.05) is 63.4 Å². The van der Waals surface area contributed by atoms with E-state index >= 15 is 0 Å². The molecule has 6 saturated heterocycles. The number of carbonyl (C=O) groups excluding carboxylic acids is 9. The summed E-state index contributed by atoms with van der Waals surface area (Å²) >= 11 is 6.30. The van der Waals surface area contributed by atoms with Crippen LogP contribution < -0.4 is 27.4 Å². The number of aromatic amines is 4. The topological polar surface area (TPSA) is 406 Å². The van der Waals surface area contributed by atoms with Crippen LogP contribution in [-0.4, -0.2) is 201 Å². The molecule has 33 heteroatoms. The quantitative estimate of drug-likeness (QED) is 0.0269. The van der Waals surface area contributed by atoms with Gasteiger partial charge in [-0.3, -0.25) is 28.8 Å². The van der Waals surface area contributed by atoms with E-state index in [-0.39, 0.29) is 90.0 Å². The minimum atomic E-state index is -0.691. The Morgan fingerprint density at radius 1 is 0.421 bits per heavy atom. The van der Waals surface area contributed by atoms with Crippen LogP contribution >= 0.6 is 39.8 Å². The maximum absolute atomic E-state index is 14.4. The first-order valence-corrected chi connectivity index (χ1v) is 48.6. The van der Waals surface area contributed by atoms with Crippen molar-refractivity contribution in [2.24, 2.45) is 35.1 Å². The third-order valence-electron chi connectivity index (χ3n) is 25.6. The van der Waals surface area contributed by atoms with Crippen molar-refractivity contribution in [1.29, 1.82) is 0 Å². The van der Waals surface area contributed by atoms with Gasteiger partial charge in [0.05, 0.1) is 92.0 Å². The first kappa shape index (κ1) is 96.7. The fourth-order valence-corrected chi connectivity index (χ4v) is 20.8. The number of hydrogen-bond acceptors (Lipinski definition) is 20. The lowest BCUT2D eigenvalue weighted by atomic mass is 9.92. The van der Waals surface area contributed by atoms with E-state index in [9.17, 15) is 43.2 Å². The van der Waals surface area contributed by atoms with E-state index in [1.54, 1.807) is 0 Å². The number of amides is 8. The number of halogens is 1. The summed E-state index contributed by atoms with van der Waals surface area (Å²) < 4.78 is 19.1. The van der Waals surface area contributed by atoms with Gasteiger partial charge in [-0.2, -0.15) is 23.5 Å². The van der Waals surface area contributed by atoms with Gasteiger partial charge in [0, 0.05) is 51.2 Å². The zero-order valence-electron chi connectivity index (χ0n) is 76.3. The van der Waals surface area contributed by atoms with Crippen molar-refractivity contribution in [2.45, 2.75) is 174 Å². The molecule has 11 aromatic rings. The summed E-state index contributed by atoms with van der Waals surface area (Å²) in [6.45, 7) is 12.9. The van der Waals surface area contributed by atoms with Gasteiger partial charge in [-0.15, -0.1) is 0 Å². The Balaban J connectivity index is 0.000000198. The number of imidazole rings is 4.